The SMILES string of the molecule is CO[C@H]1CN(C(=O)CCCC(=O)NCCCOCCOCCOCCCNC(C)=O)CCc2c(nnn2CCOCCN(C)C(C)(C)C)[C@@H]1OC. The Morgan fingerprint density at radius 2 is 1.47 bits per heavy atom. The number of carbonyl (C=O) groups is 3. The van der Waals surface area contributed by atoms with Crippen LogP contribution in [0.1, 0.15) is 77.3 Å². The fraction of sp³-hybridized carbons (Fsp3) is 0.857. The predicted molar refractivity (Wildman–Crippen MR) is 191 cm³/mol. The second-order valence-electron chi connectivity index (χ2n) is 13.6. The number of ether oxygens (including phenoxy) is 6. The summed E-state index contributed by atoms with van der Waals surface area (Å²) in [6.45, 7) is 15.4. The highest BCUT2D eigenvalue weighted by molar-refractivity contribution is 5.79. The average molecular weight is 728 g/mol. The van der Waals surface area contributed by atoms with Crippen LogP contribution in [0.3, 0.4) is 0 Å². The molecule has 1 aliphatic heterocycles. The minimum absolute atomic E-state index is 0.0300. The Morgan fingerprint density at radius 1 is 0.843 bits per heavy atom. The molecule has 1 aromatic rings. The molecule has 0 aliphatic carbocycles. The molecule has 0 saturated heterocycles. The van der Waals surface area contributed by atoms with E-state index in [-0.39, 0.29) is 36.1 Å². The van der Waals surface area contributed by atoms with Gasteiger partial charge in [0.1, 0.15) is 17.9 Å². The Bertz CT molecular complexity index is 1130. The summed E-state index contributed by atoms with van der Waals surface area (Å²) in [4.78, 5) is 40.5. The Morgan fingerprint density at radius 3 is 2.08 bits per heavy atom. The summed E-state index contributed by atoms with van der Waals surface area (Å²) in [5.41, 5.74) is 1.72. The molecule has 0 radical (unpaired) electrons. The van der Waals surface area contributed by atoms with Crippen LogP contribution in [0.2, 0.25) is 0 Å². The quantitative estimate of drug-likeness (QED) is 0.132. The maximum absolute atomic E-state index is 13.3. The Hall–Kier alpha value is -2.73. The number of aromatic nitrogens is 3. The summed E-state index contributed by atoms with van der Waals surface area (Å²) in [6.07, 6.45) is 2.10. The van der Waals surface area contributed by atoms with Gasteiger partial charge in [-0.1, -0.05) is 5.21 Å². The molecule has 1 aliphatic rings. The Kier molecular flexibility index (Phi) is 22.0. The van der Waals surface area contributed by atoms with Crippen LogP contribution in [0.4, 0.5) is 0 Å². The normalized spacial score (nSPS) is 16.5. The van der Waals surface area contributed by atoms with E-state index in [0.717, 1.165) is 24.4 Å². The van der Waals surface area contributed by atoms with Crippen molar-refractivity contribution >= 4 is 17.7 Å². The number of rotatable bonds is 26. The third-order valence-electron chi connectivity index (χ3n) is 8.73. The fourth-order valence-corrected chi connectivity index (χ4v) is 5.33. The van der Waals surface area contributed by atoms with Crippen molar-refractivity contribution in [3.05, 3.63) is 11.4 Å². The molecule has 2 N–H and O–H groups in total. The maximum atomic E-state index is 13.3. The number of nitrogens with zero attached hydrogens (tertiary/aromatic N) is 5. The van der Waals surface area contributed by atoms with Gasteiger partial charge in [-0.25, -0.2) is 4.68 Å². The van der Waals surface area contributed by atoms with E-state index in [1.807, 2.05) is 4.68 Å². The molecule has 51 heavy (non-hydrogen) atoms. The van der Waals surface area contributed by atoms with Crippen LogP contribution >= 0.6 is 0 Å². The number of methoxy groups -OCH3 is 2. The third kappa shape index (κ3) is 18.0. The molecule has 0 unspecified atom stereocenters. The van der Waals surface area contributed by atoms with Gasteiger partial charge >= 0.3 is 0 Å². The molecule has 0 bridgehead atoms. The number of nitrogens with one attached hydrogen (secondary N) is 2. The van der Waals surface area contributed by atoms with E-state index < -0.39 is 12.2 Å². The lowest BCUT2D eigenvalue weighted by Crippen LogP contribution is -2.44. The van der Waals surface area contributed by atoms with Crippen molar-refractivity contribution in [2.24, 2.45) is 0 Å². The van der Waals surface area contributed by atoms with Crippen molar-refractivity contribution in [2.45, 2.75) is 90.5 Å². The summed E-state index contributed by atoms with van der Waals surface area (Å²) in [7, 11) is 5.31. The number of amides is 3. The first-order valence-corrected chi connectivity index (χ1v) is 18.3. The monoisotopic (exact) mass is 727 g/mol. The standard InChI is InChI=1S/C35H65N7O9/c1-28(43)36-14-9-19-48-23-25-51-26-24-49-20-10-15-37-31(44)11-8-12-32(45)41-16-13-29-33(34(47-7)30(27-41)46-6)38-39-42(29)18-22-50-21-17-40(5)35(2,3)4/h30,34H,8-27H2,1-7H3,(H,36,43)(H,37,44)/t30-,34+/m0/s1. The molecule has 0 fully saturated rings. The molecular weight excluding hydrogens is 662 g/mol. The van der Waals surface area contributed by atoms with E-state index in [9.17, 15) is 14.4 Å². The molecule has 0 aromatic carbocycles. The number of carbonyl (C=O) groups excluding carboxylic acids is 3. The lowest BCUT2D eigenvalue weighted by Gasteiger charge is -2.33. The molecular formula is C35H65N7O9. The zero-order valence-electron chi connectivity index (χ0n) is 32.2. The van der Waals surface area contributed by atoms with Crippen molar-refractivity contribution in [1.82, 2.24) is 35.4 Å². The first kappa shape index (κ1) is 44.4. The van der Waals surface area contributed by atoms with Gasteiger partial charge in [0.15, 0.2) is 0 Å². The van der Waals surface area contributed by atoms with Crippen molar-refractivity contribution in [3.8, 4) is 0 Å². The molecule has 16 heteroatoms. The average Bonchev–Trinajstić information content (AvgIpc) is 3.46. The van der Waals surface area contributed by atoms with Gasteiger partial charge in [-0.15, -0.1) is 5.10 Å². The van der Waals surface area contributed by atoms with Gasteiger partial charge in [0, 0.05) is 91.9 Å². The first-order valence-electron chi connectivity index (χ1n) is 18.3. The van der Waals surface area contributed by atoms with Crippen molar-refractivity contribution < 1.29 is 42.8 Å². The lowest BCUT2D eigenvalue weighted by atomic mass is 10.0. The molecule has 16 nitrogen and oxygen atoms in total. The number of hydrogen-bond donors (Lipinski definition) is 2. The van der Waals surface area contributed by atoms with Crippen LogP contribution in [0, 0.1) is 0 Å². The van der Waals surface area contributed by atoms with Crippen LogP contribution < -0.4 is 10.6 Å². The largest absolute Gasteiger partial charge is 0.379 e. The minimum atomic E-state index is -0.476. The lowest BCUT2D eigenvalue weighted by molar-refractivity contribution is -0.135. The van der Waals surface area contributed by atoms with Crippen LogP contribution in [0.5, 0.6) is 0 Å². The predicted octanol–water partition coefficient (Wildman–Crippen LogP) is 1.36. The molecule has 2 heterocycles. The van der Waals surface area contributed by atoms with Crippen LogP contribution in [0.25, 0.3) is 0 Å². The van der Waals surface area contributed by atoms with E-state index >= 15 is 0 Å². The van der Waals surface area contributed by atoms with Gasteiger partial charge in [0.25, 0.3) is 0 Å². The third-order valence-corrected chi connectivity index (χ3v) is 8.73. The summed E-state index contributed by atoms with van der Waals surface area (Å²) >= 11 is 0. The van der Waals surface area contributed by atoms with Gasteiger partial charge in [-0.05, 0) is 47.1 Å². The van der Waals surface area contributed by atoms with Crippen LogP contribution in [-0.2, 0) is 55.8 Å². The molecule has 1 aromatic heterocycles. The van der Waals surface area contributed by atoms with E-state index in [4.69, 9.17) is 28.4 Å². The highest BCUT2D eigenvalue weighted by atomic mass is 16.5. The van der Waals surface area contributed by atoms with E-state index in [2.05, 4.69) is 53.7 Å². The zero-order valence-corrected chi connectivity index (χ0v) is 32.2. The van der Waals surface area contributed by atoms with Crippen molar-refractivity contribution in [2.75, 3.05) is 107 Å². The van der Waals surface area contributed by atoms with Crippen molar-refractivity contribution in [3.63, 3.8) is 0 Å². The molecule has 0 saturated carbocycles. The van der Waals surface area contributed by atoms with E-state index in [1.165, 1.54) is 6.92 Å². The Labute approximate surface area is 304 Å². The Balaban J connectivity index is 1.64. The number of fused-ring (bicyclic) bond motifs is 1. The van der Waals surface area contributed by atoms with Crippen molar-refractivity contribution in [1.29, 1.82) is 0 Å². The summed E-state index contributed by atoms with van der Waals surface area (Å²) in [6, 6.07) is 0. The van der Waals surface area contributed by atoms with Gasteiger partial charge in [0.05, 0.1) is 51.9 Å². The van der Waals surface area contributed by atoms with Crippen LogP contribution in [0.15, 0.2) is 0 Å². The second kappa shape index (κ2) is 25.3. The van der Waals surface area contributed by atoms with Gasteiger partial charge in [0.2, 0.25) is 17.7 Å². The maximum Gasteiger partial charge on any atom is 0.222 e. The molecule has 0 spiro atoms. The smallest absolute Gasteiger partial charge is 0.222 e. The minimum Gasteiger partial charge on any atom is -0.379 e. The molecule has 2 rings (SSSR count). The molecule has 294 valence electrons. The molecule has 3 amide bonds. The van der Waals surface area contributed by atoms with Gasteiger partial charge in [-0.3, -0.25) is 19.3 Å². The van der Waals surface area contributed by atoms with Crippen LogP contribution in [-0.4, -0.2) is 161 Å². The van der Waals surface area contributed by atoms with E-state index in [0.29, 0.717) is 105 Å². The highest BCUT2D eigenvalue weighted by Crippen LogP contribution is 2.28. The second-order valence-corrected chi connectivity index (χ2v) is 13.6. The summed E-state index contributed by atoms with van der Waals surface area (Å²) < 4.78 is 35.8. The zero-order chi connectivity index (χ0) is 37.5. The first-order chi connectivity index (χ1) is 24.5. The molecule has 2 atom stereocenters. The van der Waals surface area contributed by atoms with Gasteiger partial charge < -0.3 is 44.0 Å². The summed E-state index contributed by atoms with van der Waals surface area (Å²) in [5.74, 6) is -0.155. The number of hydrogen-bond acceptors (Lipinski definition) is 12. The summed E-state index contributed by atoms with van der Waals surface area (Å²) in [5, 5.41) is 14.5. The van der Waals surface area contributed by atoms with Gasteiger partial charge in [-0.2, -0.15) is 0 Å². The number of likely N-dealkylation sites (N-methyl/N-ethyl adjacent to an activating group) is 1. The fourth-order valence-electron chi connectivity index (χ4n) is 5.33. The van der Waals surface area contributed by atoms with E-state index in [1.54, 1.807) is 19.1 Å². The highest BCUT2D eigenvalue weighted by Gasteiger charge is 2.34. The topological polar surface area (TPSA) is 168 Å².